The molecule has 2 N–H and O–H groups in total. The minimum absolute atomic E-state index is 0.0161. The third-order valence-corrected chi connectivity index (χ3v) is 5.20. The van der Waals surface area contributed by atoms with Crippen LogP contribution >= 0.6 is 0 Å². The molecule has 4 heterocycles. The van der Waals surface area contributed by atoms with E-state index in [1.54, 1.807) is 24.4 Å². The molecule has 0 unspecified atom stereocenters. The lowest BCUT2D eigenvalue weighted by molar-refractivity contribution is -0.141. The summed E-state index contributed by atoms with van der Waals surface area (Å²) in [7, 11) is 0. The van der Waals surface area contributed by atoms with Gasteiger partial charge in [0.05, 0.1) is 23.6 Å². The number of carbonyl (C=O) groups excluding carboxylic acids is 2. The van der Waals surface area contributed by atoms with Crippen molar-refractivity contribution in [3.8, 4) is 0 Å². The van der Waals surface area contributed by atoms with Gasteiger partial charge in [-0.1, -0.05) is 6.07 Å². The highest BCUT2D eigenvalue weighted by Gasteiger charge is 2.20. The first-order chi connectivity index (χ1) is 15.0. The Kier molecular flexibility index (Phi) is 5.81. The molecular formula is C21H23N5O5. The number of ether oxygens (including phenoxy) is 2. The number of amides is 1. The SMILES string of the molecule is CC(=O)OCCn1c(=N)c(C(=O)NC[C@H]2CCCO2)cc2c(=O)n3ccccc3nc21. The molecule has 1 aliphatic heterocycles. The molecule has 1 atom stereocenters. The Bertz CT molecular complexity index is 1270. The summed E-state index contributed by atoms with van der Waals surface area (Å²) in [4.78, 5) is 41.6. The number of aromatic nitrogens is 3. The van der Waals surface area contributed by atoms with Crippen LogP contribution in [0.15, 0.2) is 35.3 Å². The van der Waals surface area contributed by atoms with Crippen LogP contribution in [0.25, 0.3) is 16.7 Å². The maximum atomic E-state index is 13.1. The fraction of sp³-hybridized carbons (Fsp3) is 0.381. The Morgan fingerprint density at radius 1 is 1.39 bits per heavy atom. The Labute approximate surface area is 176 Å². The molecule has 1 saturated heterocycles. The van der Waals surface area contributed by atoms with Crippen molar-refractivity contribution in [1.29, 1.82) is 5.41 Å². The van der Waals surface area contributed by atoms with Gasteiger partial charge in [-0.15, -0.1) is 0 Å². The first-order valence-electron chi connectivity index (χ1n) is 10.1. The van der Waals surface area contributed by atoms with Crippen LogP contribution < -0.4 is 16.4 Å². The van der Waals surface area contributed by atoms with E-state index in [4.69, 9.17) is 14.9 Å². The number of nitrogens with zero attached hydrogens (tertiary/aromatic N) is 3. The average Bonchev–Trinajstić information content (AvgIpc) is 3.27. The van der Waals surface area contributed by atoms with Crippen molar-refractivity contribution in [2.45, 2.75) is 32.4 Å². The van der Waals surface area contributed by atoms with Crippen molar-refractivity contribution in [2.75, 3.05) is 19.8 Å². The average molecular weight is 425 g/mol. The number of esters is 1. The summed E-state index contributed by atoms with van der Waals surface area (Å²) in [6.07, 6.45) is 3.36. The first-order valence-corrected chi connectivity index (χ1v) is 10.1. The predicted molar refractivity (Wildman–Crippen MR) is 111 cm³/mol. The zero-order chi connectivity index (χ0) is 22.0. The molecule has 31 heavy (non-hydrogen) atoms. The zero-order valence-electron chi connectivity index (χ0n) is 17.1. The molecule has 4 rings (SSSR count). The van der Waals surface area contributed by atoms with Crippen molar-refractivity contribution in [3.63, 3.8) is 0 Å². The summed E-state index contributed by atoms with van der Waals surface area (Å²) >= 11 is 0. The van der Waals surface area contributed by atoms with E-state index in [0.29, 0.717) is 18.8 Å². The molecule has 10 heteroatoms. The second kappa shape index (κ2) is 8.68. The molecule has 0 bridgehead atoms. The van der Waals surface area contributed by atoms with Crippen LogP contribution in [0.1, 0.15) is 30.1 Å². The zero-order valence-corrected chi connectivity index (χ0v) is 17.1. The quantitative estimate of drug-likeness (QED) is 0.440. The summed E-state index contributed by atoms with van der Waals surface area (Å²) in [6.45, 7) is 2.36. The number of fused-ring (bicyclic) bond motifs is 2. The second-order valence-corrected chi connectivity index (χ2v) is 7.33. The molecule has 0 aliphatic carbocycles. The van der Waals surface area contributed by atoms with Crippen LogP contribution in [-0.2, 0) is 20.8 Å². The highest BCUT2D eigenvalue weighted by atomic mass is 16.5. The van der Waals surface area contributed by atoms with Crippen LogP contribution in [0.2, 0.25) is 0 Å². The molecule has 0 aromatic carbocycles. The van der Waals surface area contributed by atoms with Crippen molar-refractivity contribution in [3.05, 3.63) is 51.9 Å². The number of hydrogen-bond acceptors (Lipinski definition) is 7. The van der Waals surface area contributed by atoms with Crippen LogP contribution in [0, 0.1) is 5.41 Å². The highest BCUT2D eigenvalue weighted by Crippen LogP contribution is 2.12. The van der Waals surface area contributed by atoms with E-state index in [2.05, 4.69) is 10.3 Å². The number of nitrogens with one attached hydrogen (secondary N) is 2. The van der Waals surface area contributed by atoms with Gasteiger partial charge in [-0.25, -0.2) is 4.98 Å². The Morgan fingerprint density at radius 3 is 2.97 bits per heavy atom. The molecular weight excluding hydrogens is 402 g/mol. The molecule has 1 fully saturated rings. The maximum absolute atomic E-state index is 13.1. The summed E-state index contributed by atoms with van der Waals surface area (Å²) in [5.41, 5.74) is 0.245. The van der Waals surface area contributed by atoms with E-state index in [-0.39, 0.29) is 46.9 Å². The summed E-state index contributed by atoms with van der Waals surface area (Å²) in [6, 6.07) is 6.55. The molecule has 10 nitrogen and oxygen atoms in total. The highest BCUT2D eigenvalue weighted by molar-refractivity contribution is 5.96. The molecule has 3 aromatic rings. The van der Waals surface area contributed by atoms with E-state index in [9.17, 15) is 14.4 Å². The van der Waals surface area contributed by atoms with Crippen molar-refractivity contribution < 1.29 is 19.1 Å². The van der Waals surface area contributed by atoms with Crippen LogP contribution in [0.3, 0.4) is 0 Å². The molecule has 0 saturated carbocycles. The third kappa shape index (κ3) is 4.19. The lowest BCUT2D eigenvalue weighted by Gasteiger charge is -2.15. The van der Waals surface area contributed by atoms with E-state index >= 15 is 0 Å². The summed E-state index contributed by atoms with van der Waals surface area (Å²) < 4.78 is 13.3. The van der Waals surface area contributed by atoms with Crippen LogP contribution in [0.5, 0.6) is 0 Å². The van der Waals surface area contributed by atoms with Gasteiger partial charge in [0, 0.05) is 26.3 Å². The number of hydrogen-bond donors (Lipinski definition) is 2. The third-order valence-electron chi connectivity index (χ3n) is 5.20. The fourth-order valence-electron chi connectivity index (χ4n) is 3.67. The van der Waals surface area contributed by atoms with Gasteiger partial charge in [0.1, 0.15) is 23.4 Å². The van der Waals surface area contributed by atoms with Crippen molar-refractivity contribution in [2.24, 2.45) is 0 Å². The van der Waals surface area contributed by atoms with Gasteiger partial charge < -0.3 is 19.4 Å². The van der Waals surface area contributed by atoms with Gasteiger partial charge in [0.2, 0.25) is 0 Å². The van der Waals surface area contributed by atoms with E-state index in [1.807, 2.05) is 0 Å². The number of rotatable bonds is 6. The van der Waals surface area contributed by atoms with Crippen molar-refractivity contribution in [1.82, 2.24) is 19.3 Å². The maximum Gasteiger partial charge on any atom is 0.302 e. The smallest absolute Gasteiger partial charge is 0.302 e. The summed E-state index contributed by atoms with van der Waals surface area (Å²) in [5.74, 6) is -0.929. The van der Waals surface area contributed by atoms with Gasteiger partial charge >= 0.3 is 5.97 Å². The lowest BCUT2D eigenvalue weighted by Crippen LogP contribution is -2.38. The van der Waals surface area contributed by atoms with Crippen molar-refractivity contribution >= 4 is 28.6 Å². The molecule has 0 spiro atoms. The number of pyridine rings is 2. The second-order valence-electron chi connectivity index (χ2n) is 7.33. The van der Waals surface area contributed by atoms with E-state index in [1.165, 1.54) is 22.0 Å². The largest absolute Gasteiger partial charge is 0.464 e. The standard InChI is InChI=1S/C21H23N5O5/c1-13(27)30-10-8-26-18(22)15(20(28)23-12-14-5-4-9-31-14)11-16-19(26)24-17-6-2-3-7-25(17)21(16)29/h2-3,6-7,11,14,22H,4-5,8-10,12H2,1H3,(H,23,28)/t14-/m1/s1. The Balaban J connectivity index is 1.80. The molecule has 0 radical (unpaired) electrons. The fourth-order valence-corrected chi connectivity index (χ4v) is 3.67. The molecule has 1 aliphatic rings. The van der Waals surface area contributed by atoms with Gasteiger partial charge in [-0.3, -0.25) is 24.2 Å². The first kappa shape index (κ1) is 20.7. The number of carbonyl (C=O) groups is 2. The van der Waals surface area contributed by atoms with Gasteiger partial charge in [0.15, 0.2) is 0 Å². The minimum atomic E-state index is -0.471. The molecule has 162 valence electrons. The molecule has 3 aromatic heterocycles. The molecule has 1 amide bonds. The van der Waals surface area contributed by atoms with Gasteiger partial charge in [0.25, 0.3) is 11.5 Å². The van der Waals surface area contributed by atoms with Gasteiger partial charge in [-0.05, 0) is 31.0 Å². The Morgan fingerprint density at radius 2 is 2.23 bits per heavy atom. The van der Waals surface area contributed by atoms with E-state index < -0.39 is 11.9 Å². The predicted octanol–water partition coefficient (Wildman–Crippen LogP) is 0.601. The van der Waals surface area contributed by atoms with Crippen LogP contribution in [-0.4, -0.2) is 51.7 Å². The minimum Gasteiger partial charge on any atom is -0.464 e. The topological polar surface area (TPSA) is 128 Å². The summed E-state index contributed by atoms with van der Waals surface area (Å²) in [5, 5.41) is 11.6. The van der Waals surface area contributed by atoms with Gasteiger partial charge in [-0.2, -0.15) is 0 Å². The Hall–Kier alpha value is -3.53. The lowest BCUT2D eigenvalue weighted by atomic mass is 10.2. The monoisotopic (exact) mass is 425 g/mol. The van der Waals surface area contributed by atoms with E-state index in [0.717, 1.165) is 12.8 Å². The van der Waals surface area contributed by atoms with Crippen LogP contribution in [0.4, 0.5) is 0 Å². The normalized spacial score (nSPS) is 16.0.